The molecule has 3 unspecified atom stereocenters. The van der Waals surface area contributed by atoms with E-state index in [1.54, 1.807) is 0 Å². The van der Waals surface area contributed by atoms with E-state index in [4.69, 9.17) is 5.73 Å². The van der Waals surface area contributed by atoms with Crippen LogP contribution in [0.3, 0.4) is 0 Å². The average molecular weight is 263 g/mol. The van der Waals surface area contributed by atoms with E-state index in [0.717, 1.165) is 18.5 Å². The van der Waals surface area contributed by atoms with Crippen molar-refractivity contribution in [2.24, 2.45) is 17.1 Å². The molecular weight excluding hydrogens is 234 g/mol. The second kappa shape index (κ2) is 5.66. The Morgan fingerprint density at radius 1 is 1.53 bits per heavy atom. The van der Waals surface area contributed by atoms with Crippen LogP contribution in [-0.2, 0) is 6.42 Å². The van der Waals surface area contributed by atoms with Crippen molar-refractivity contribution in [3.05, 3.63) is 18.0 Å². The Balaban J connectivity index is 1.99. The average Bonchev–Trinajstić information content (AvgIpc) is 2.94. The maximum Gasteiger partial charge on any atom is 0.0640 e. The van der Waals surface area contributed by atoms with Crippen LogP contribution in [0.4, 0.5) is 0 Å². The zero-order valence-corrected chi connectivity index (χ0v) is 12.9. The molecule has 19 heavy (non-hydrogen) atoms. The van der Waals surface area contributed by atoms with Crippen molar-refractivity contribution in [3.63, 3.8) is 0 Å². The minimum absolute atomic E-state index is 0.248. The lowest BCUT2D eigenvalue weighted by Gasteiger charge is -2.31. The minimum atomic E-state index is 0.248. The van der Waals surface area contributed by atoms with Gasteiger partial charge in [-0.3, -0.25) is 4.68 Å². The van der Waals surface area contributed by atoms with Gasteiger partial charge in [0.2, 0.25) is 0 Å². The van der Waals surface area contributed by atoms with Gasteiger partial charge in [-0.05, 0) is 43.6 Å². The third kappa shape index (κ3) is 3.19. The first-order valence-electron chi connectivity index (χ1n) is 7.73. The largest absolute Gasteiger partial charge is 0.327 e. The maximum absolute atomic E-state index is 6.46. The molecule has 2 N–H and O–H groups in total. The SMILES string of the molecule is CCC(C)n1ccc(CC(N)C2CCCC2(C)C)n1. The Hall–Kier alpha value is -0.830. The smallest absolute Gasteiger partial charge is 0.0640 e. The van der Waals surface area contributed by atoms with E-state index >= 15 is 0 Å². The molecule has 0 saturated heterocycles. The number of hydrogen-bond donors (Lipinski definition) is 1. The van der Waals surface area contributed by atoms with E-state index in [2.05, 4.69) is 49.7 Å². The minimum Gasteiger partial charge on any atom is -0.327 e. The molecule has 2 rings (SSSR count). The van der Waals surface area contributed by atoms with Crippen LogP contribution in [0.15, 0.2) is 12.3 Å². The number of rotatable bonds is 5. The van der Waals surface area contributed by atoms with Crippen LogP contribution >= 0.6 is 0 Å². The standard InChI is InChI=1S/C16H29N3/c1-5-12(2)19-10-8-13(18-19)11-15(17)14-7-6-9-16(14,3)4/h8,10,12,14-15H,5-7,9,11,17H2,1-4H3. The van der Waals surface area contributed by atoms with Crippen LogP contribution < -0.4 is 5.73 Å². The summed E-state index contributed by atoms with van der Waals surface area (Å²) in [6, 6.07) is 2.86. The van der Waals surface area contributed by atoms with Crippen molar-refractivity contribution < 1.29 is 0 Å². The molecule has 0 spiro atoms. The predicted octanol–water partition coefficient (Wildman–Crippen LogP) is 3.55. The third-order valence-corrected chi connectivity index (χ3v) is 5.01. The van der Waals surface area contributed by atoms with E-state index in [-0.39, 0.29) is 6.04 Å². The molecule has 0 bridgehead atoms. The molecule has 0 radical (unpaired) electrons. The molecule has 0 aliphatic heterocycles. The summed E-state index contributed by atoms with van der Waals surface area (Å²) in [5.41, 5.74) is 8.01. The highest BCUT2D eigenvalue weighted by atomic mass is 15.3. The zero-order valence-electron chi connectivity index (χ0n) is 12.9. The fourth-order valence-electron chi connectivity index (χ4n) is 3.45. The van der Waals surface area contributed by atoms with Crippen molar-refractivity contribution in [2.45, 2.75) is 71.9 Å². The lowest BCUT2D eigenvalue weighted by atomic mass is 9.76. The van der Waals surface area contributed by atoms with Crippen LogP contribution in [0.25, 0.3) is 0 Å². The normalized spacial score (nSPS) is 25.4. The van der Waals surface area contributed by atoms with Crippen LogP contribution in [0.2, 0.25) is 0 Å². The molecule has 0 aromatic carbocycles. The molecule has 108 valence electrons. The molecular formula is C16H29N3. The molecule has 3 heteroatoms. The molecule has 3 atom stereocenters. The van der Waals surface area contributed by atoms with E-state index in [9.17, 15) is 0 Å². The highest BCUT2D eigenvalue weighted by Crippen LogP contribution is 2.44. The monoisotopic (exact) mass is 263 g/mol. The van der Waals surface area contributed by atoms with Crippen LogP contribution in [-0.4, -0.2) is 15.8 Å². The van der Waals surface area contributed by atoms with Crippen molar-refractivity contribution in [2.75, 3.05) is 0 Å². The van der Waals surface area contributed by atoms with E-state index in [0.29, 0.717) is 17.4 Å². The first kappa shape index (κ1) is 14.6. The van der Waals surface area contributed by atoms with Gasteiger partial charge in [0.25, 0.3) is 0 Å². The summed E-state index contributed by atoms with van der Waals surface area (Å²) in [5.74, 6) is 0.640. The van der Waals surface area contributed by atoms with E-state index in [1.807, 2.05) is 0 Å². The van der Waals surface area contributed by atoms with Gasteiger partial charge in [-0.2, -0.15) is 5.10 Å². The predicted molar refractivity (Wildman–Crippen MR) is 80.0 cm³/mol. The number of nitrogens with two attached hydrogens (primary N) is 1. The van der Waals surface area contributed by atoms with Gasteiger partial charge in [0.1, 0.15) is 0 Å². The fraction of sp³-hybridized carbons (Fsp3) is 0.812. The summed E-state index contributed by atoms with van der Waals surface area (Å²) in [4.78, 5) is 0. The van der Waals surface area contributed by atoms with Crippen molar-refractivity contribution in [1.82, 2.24) is 9.78 Å². The Kier molecular flexibility index (Phi) is 4.34. The summed E-state index contributed by atoms with van der Waals surface area (Å²) < 4.78 is 2.07. The molecule has 1 aliphatic rings. The van der Waals surface area contributed by atoms with Crippen LogP contribution in [0, 0.1) is 11.3 Å². The summed E-state index contributed by atoms with van der Waals surface area (Å²) in [6.45, 7) is 9.13. The van der Waals surface area contributed by atoms with Gasteiger partial charge in [-0.15, -0.1) is 0 Å². The highest BCUT2D eigenvalue weighted by molar-refractivity contribution is 5.04. The molecule has 1 aromatic rings. The van der Waals surface area contributed by atoms with Gasteiger partial charge in [0.05, 0.1) is 5.69 Å². The first-order chi connectivity index (χ1) is 8.94. The number of nitrogens with zero attached hydrogens (tertiary/aromatic N) is 2. The van der Waals surface area contributed by atoms with Crippen LogP contribution in [0.1, 0.15) is 65.1 Å². The maximum atomic E-state index is 6.46. The topological polar surface area (TPSA) is 43.8 Å². The molecule has 0 amide bonds. The van der Waals surface area contributed by atoms with E-state index in [1.165, 1.54) is 19.3 Å². The summed E-state index contributed by atoms with van der Waals surface area (Å²) >= 11 is 0. The van der Waals surface area contributed by atoms with Crippen molar-refractivity contribution >= 4 is 0 Å². The van der Waals surface area contributed by atoms with Gasteiger partial charge >= 0.3 is 0 Å². The van der Waals surface area contributed by atoms with Gasteiger partial charge in [0, 0.05) is 24.7 Å². The fourth-order valence-corrected chi connectivity index (χ4v) is 3.45. The molecule has 1 aliphatic carbocycles. The number of aromatic nitrogens is 2. The Morgan fingerprint density at radius 2 is 2.26 bits per heavy atom. The summed E-state index contributed by atoms with van der Waals surface area (Å²) in [6.07, 6.45) is 8.04. The lowest BCUT2D eigenvalue weighted by molar-refractivity contribution is 0.219. The summed E-state index contributed by atoms with van der Waals surface area (Å²) in [5, 5.41) is 4.68. The van der Waals surface area contributed by atoms with Crippen molar-refractivity contribution in [1.29, 1.82) is 0 Å². The highest BCUT2D eigenvalue weighted by Gasteiger charge is 2.38. The van der Waals surface area contributed by atoms with Gasteiger partial charge in [-0.1, -0.05) is 27.2 Å². The summed E-state index contributed by atoms with van der Waals surface area (Å²) in [7, 11) is 0. The molecule has 1 fully saturated rings. The van der Waals surface area contributed by atoms with E-state index < -0.39 is 0 Å². The molecule has 1 heterocycles. The Morgan fingerprint density at radius 3 is 2.84 bits per heavy atom. The van der Waals surface area contributed by atoms with Crippen LogP contribution in [0.5, 0.6) is 0 Å². The molecule has 1 aromatic heterocycles. The third-order valence-electron chi connectivity index (χ3n) is 5.01. The van der Waals surface area contributed by atoms with Gasteiger partial charge in [0.15, 0.2) is 0 Å². The van der Waals surface area contributed by atoms with Gasteiger partial charge in [-0.25, -0.2) is 0 Å². The molecule has 1 saturated carbocycles. The zero-order chi connectivity index (χ0) is 14.0. The Labute approximate surface area is 117 Å². The van der Waals surface area contributed by atoms with Gasteiger partial charge < -0.3 is 5.73 Å². The first-order valence-corrected chi connectivity index (χ1v) is 7.73. The lowest BCUT2D eigenvalue weighted by Crippen LogP contribution is -2.38. The molecule has 3 nitrogen and oxygen atoms in total. The second-order valence-electron chi connectivity index (χ2n) is 6.90. The second-order valence-corrected chi connectivity index (χ2v) is 6.90. The number of hydrogen-bond acceptors (Lipinski definition) is 2. The Bertz CT molecular complexity index is 408. The van der Waals surface area contributed by atoms with Crippen molar-refractivity contribution in [3.8, 4) is 0 Å². The quantitative estimate of drug-likeness (QED) is 0.883.